The number of halogens is 1. The number of aromatic amines is 1. The van der Waals surface area contributed by atoms with Gasteiger partial charge in [-0.25, -0.2) is 0 Å². The number of rotatable bonds is 4. The molecule has 0 fully saturated rings. The van der Waals surface area contributed by atoms with Crippen molar-refractivity contribution >= 4 is 40.0 Å². The number of carbonyl (C=O) groups excluding carboxylic acids is 2. The van der Waals surface area contributed by atoms with Crippen molar-refractivity contribution in [2.24, 2.45) is 0 Å². The molecular formula is C19H18ClN3O2. The first-order valence-corrected chi connectivity index (χ1v) is 8.21. The first-order chi connectivity index (χ1) is 11.9. The standard InChI is InChI=1S/C19H18ClN3O2/c1-12-7-8-15-13(9-12)10-17(21-15)19(25)23(2)11-18(24)22-16-6-4-3-5-14(16)20/h3-10,21H,11H2,1-2H3,(H,22,24). The van der Waals surface area contributed by atoms with E-state index in [1.807, 2.05) is 25.1 Å². The first-order valence-electron chi connectivity index (χ1n) is 7.83. The van der Waals surface area contributed by atoms with Gasteiger partial charge < -0.3 is 15.2 Å². The molecule has 2 amide bonds. The fourth-order valence-corrected chi connectivity index (χ4v) is 2.80. The average Bonchev–Trinajstić information content (AvgIpc) is 2.99. The summed E-state index contributed by atoms with van der Waals surface area (Å²) in [5, 5.41) is 4.13. The number of nitrogens with one attached hydrogen (secondary N) is 2. The Kier molecular flexibility index (Phi) is 4.76. The second kappa shape index (κ2) is 6.99. The number of para-hydroxylation sites is 1. The van der Waals surface area contributed by atoms with Gasteiger partial charge >= 0.3 is 0 Å². The van der Waals surface area contributed by atoms with E-state index in [2.05, 4.69) is 10.3 Å². The molecule has 0 bridgehead atoms. The van der Waals surface area contributed by atoms with Crippen LogP contribution in [-0.2, 0) is 4.79 Å². The summed E-state index contributed by atoms with van der Waals surface area (Å²) in [5.41, 5.74) is 2.99. The van der Waals surface area contributed by atoms with Crippen molar-refractivity contribution in [3.05, 3.63) is 64.8 Å². The van der Waals surface area contributed by atoms with Crippen LogP contribution in [0.15, 0.2) is 48.5 Å². The lowest BCUT2D eigenvalue weighted by Gasteiger charge is -2.16. The fourth-order valence-electron chi connectivity index (χ4n) is 2.61. The maximum absolute atomic E-state index is 12.5. The van der Waals surface area contributed by atoms with Crippen LogP contribution < -0.4 is 5.32 Å². The highest BCUT2D eigenvalue weighted by Crippen LogP contribution is 2.20. The van der Waals surface area contributed by atoms with Gasteiger partial charge in [0.2, 0.25) is 5.91 Å². The van der Waals surface area contributed by atoms with Crippen molar-refractivity contribution in [1.82, 2.24) is 9.88 Å². The Balaban J connectivity index is 1.69. The quantitative estimate of drug-likeness (QED) is 0.746. The lowest BCUT2D eigenvalue weighted by atomic mass is 10.2. The molecule has 2 aromatic carbocycles. The number of benzene rings is 2. The van der Waals surface area contributed by atoms with Crippen molar-refractivity contribution in [1.29, 1.82) is 0 Å². The summed E-state index contributed by atoms with van der Waals surface area (Å²) < 4.78 is 0. The van der Waals surface area contributed by atoms with Crippen LogP contribution >= 0.6 is 11.6 Å². The van der Waals surface area contributed by atoms with E-state index in [1.165, 1.54) is 4.90 Å². The molecule has 0 radical (unpaired) electrons. The molecule has 5 nitrogen and oxygen atoms in total. The summed E-state index contributed by atoms with van der Waals surface area (Å²) in [5.74, 6) is -0.556. The fraction of sp³-hybridized carbons (Fsp3) is 0.158. The minimum atomic E-state index is -0.309. The van der Waals surface area contributed by atoms with Gasteiger partial charge in [-0.1, -0.05) is 35.4 Å². The summed E-state index contributed by atoms with van der Waals surface area (Å²) in [6.45, 7) is 1.93. The van der Waals surface area contributed by atoms with E-state index in [1.54, 1.807) is 37.4 Å². The number of carbonyl (C=O) groups is 2. The van der Waals surface area contributed by atoms with E-state index in [4.69, 9.17) is 11.6 Å². The molecule has 3 aromatic rings. The van der Waals surface area contributed by atoms with Crippen LogP contribution in [0.25, 0.3) is 10.9 Å². The van der Waals surface area contributed by atoms with Crippen molar-refractivity contribution in [3.63, 3.8) is 0 Å². The first kappa shape index (κ1) is 17.0. The third kappa shape index (κ3) is 3.83. The summed E-state index contributed by atoms with van der Waals surface area (Å²) in [4.78, 5) is 29.2. The zero-order chi connectivity index (χ0) is 18.0. The van der Waals surface area contributed by atoms with Gasteiger partial charge in [-0.3, -0.25) is 9.59 Å². The second-order valence-electron chi connectivity index (χ2n) is 5.96. The normalized spacial score (nSPS) is 10.7. The third-order valence-corrected chi connectivity index (χ3v) is 4.21. The Morgan fingerprint density at radius 2 is 1.92 bits per heavy atom. The summed E-state index contributed by atoms with van der Waals surface area (Å²) >= 11 is 6.02. The molecule has 1 heterocycles. The smallest absolute Gasteiger partial charge is 0.270 e. The van der Waals surface area contributed by atoms with Crippen LogP contribution in [0.4, 0.5) is 5.69 Å². The van der Waals surface area contributed by atoms with Crippen LogP contribution in [-0.4, -0.2) is 35.3 Å². The Morgan fingerprint density at radius 1 is 1.16 bits per heavy atom. The number of H-pyrrole nitrogens is 1. The number of aryl methyl sites for hydroxylation is 1. The van der Waals surface area contributed by atoms with Gasteiger partial charge in [-0.2, -0.15) is 0 Å². The van der Waals surface area contributed by atoms with Crippen LogP contribution in [0, 0.1) is 6.92 Å². The maximum Gasteiger partial charge on any atom is 0.270 e. The van der Waals surface area contributed by atoms with Gasteiger partial charge in [-0.05, 0) is 37.3 Å². The van der Waals surface area contributed by atoms with Crippen LogP contribution in [0.2, 0.25) is 5.02 Å². The minimum absolute atomic E-state index is 0.0710. The summed E-state index contributed by atoms with van der Waals surface area (Å²) in [7, 11) is 1.59. The molecule has 1 aromatic heterocycles. The molecule has 0 saturated heterocycles. The molecular weight excluding hydrogens is 338 g/mol. The largest absolute Gasteiger partial charge is 0.351 e. The number of nitrogens with zero attached hydrogens (tertiary/aromatic N) is 1. The average molecular weight is 356 g/mol. The SMILES string of the molecule is Cc1ccc2[nH]c(C(=O)N(C)CC(=O)Nc3ccccc3Cl)cc2c1. The summed E-state index contributed by atoms with van der Waals surface area (Å²) in [6, 6.07) is 14.7. The van der Waals surface area contributed by atoms with E-state index in [0.717, 1.165) is 16.5 Å². The molecule has 0 atom stereocenters. The molecule has 128 valence electrons. The second-order valence-corrected chi connectivity index (χ2v) is 6.37. The van der Waals surface area contributed by atoms with Gasteiger partial charge in [0.25, 0.3) is 5.91 Å². The lowest BCUT2D eigenvalue weighted by Crippen LogP contribution is -2.35. The number of aromatic nitrogens is 1. The molecule has 0 aliphatic carbocycles. The minimum Gasteiger partial charge on any atom is -0.351 e. The van der Waals surface area contributed by atoms with Gasteiger partial charge in [0.15, 0.2) is 0 Å². The van der Waals surface area contributed by atoms with Crippen LogP contribution in [0.5, 0.6) is 0 Å². The van der Waals surface area contributed by atoms with Crippen LogP contribution in [0.3, 0.4) is 0 Å². The highest BCUT2D eigenvalue weighted by molar-refractivity contribution is 6.33. The molecule has 25 heavy (non-hydrogen) atoms. The zero-order valence-electron chi connectivity index (χ0n) is 14.0. The number of fused-ring (bicyclic) bond motifs is 1. The van der Waals surface area contributed by atoms with Gasteiger partial charge in [-0.15, -0.1) is 0 Å². The summed E-state index contributed by atoms with van der Waals surface area (Å²) in [6.07, 6.45) is 0. The molecule has 6 heteroatoms. The van der Waals surface area contributed by atoms with E-state index >= 15 is 0 Å². The number of amides is 2. The number of anilines is 1. The van der Waals surface area contributed by atoms with Crippen molar-refractivity contribution < 1.29 is 9.59 Å². The molecule has 0 spiro atoms. The molecule has 0 unspecified atom stereocenters. The van der Waals surface area contributed by atoms with E-state index < -0.39 is 0 Å². The number of hydrogen-bond acceptors (Lipinski definition) is 2. The van der Waals surface area contributed by atoms with Crippen molar-refractivity contribution in [3.8, 4) is 0 Å². The van der Waals surface area contributed by atoms with Crippen molar-refractivity contribution in [2.75, 3.05) is 18.9 Å². The Hall–Kier alpha value is -2.79. The Morgan fingerprint density at radius 3 is 2.68 bits per heavy atom. The molecule has 0 aliphatic rings. The van der Waals surface area contributed by atoms with Crippen LogP contribution in [0.1, 0.15) is 16.1 Å². The Labute approximate surface area is 150 Å². The van der Waals surface area contributed by atoms with Crippen molar-refractivity contribution in [2.45, 2.75) is 6.92 Å². The highest BCUT2D eigenvalue weighted by atomic mass is 35.5. The monoisotopic (exact) mass is 355 g/mol. The highest BCUT2D eigenvalue weighted by Gasteiger charge is 2.17. The third-order valence-electron chi connectivity index (χ3n) is 3.88. The molecule has 0 aliphatic heterocycles. The van der Waals surface area contributed by atoms with Gasteiger partial charge in [0, 0.05) is 18.0 Å². The maximum atomic E-state index is 12.5. The van der Waals surface area contributed by atoms with Gasteiger partial charge in [0.1, 0.15) is 5.69 Å². The molecule has 3 rings (SSSR count). The topological polar surface area (TPSA) is 65.2 Å². The zero-order valence-corrected chi connectivity index (χ0v) is 14.7. The van der Waals surface area contributed by atoms with Gasteiger partial charge in [0.05, 0.1) is 17.3 Å². The Bertz CT molecular complexity index is 949. The number of hydrogen-bond donors (Lipinski definition) is 2. The lowest BCUT2D eigenvalue weighted by molar-refractivity contribution is -0.116. The predicted octanol–water partition coefficient (Wildman–Crippen LogP) is 3.84. The van der Waals surface area contributed by atoms with E-state index in [9.17, 15) is 9.59 Å². The molecule has 2 N–H and O–H groups in total. The number of likely N-dealkylation sites (N-methyl/N-ethyl adjacent to an activating group) is 1. The van der Waals surface area contributed by atoms with E-state index in [0.29, 0.717) is 16.4 Å². The molecule has 0 saturated carbocycles. The predicted molar refractivity (Wildman–Crippen MR) is 100 cm³/mol. The van der Waals surface area contributed by atoms with E-state index in [-0.39, 0.29) is 18.4 Å².